The first kappa shape index (κ1) is 15.4. The predicted molar refractivity (Wildman–Crippen MR) is 74.8 cm³/mol. The van der Waals surface area contributed by atoms with Crippen molar-refractivity contribution >= 4 is 31.9 Å². The summed E-state index contributed by atoms with van der Waals surface area (Å²) in [6.45, 7) is 1.44. The molecule has 1 aliphatic rings. The van der Waals surface area contributed by atoms with Gasteiger partial charge >= 0.3 is 5.97 Å². The number of aliphatic hydroxyl groups is 1. The Morgan fingerprint density at radius 3 is 2.70 bits per heavy atom. The minimum Gasteiger partial charge on any atom is -0.480 e. The summed E-state index contributed by atoms with van der Waals surface area (Å²) < 4.78 is 26.6. The van der Waals surface area contributed by atoms with Crippen molar-refractivity contribution in [2.24, 2.45) is 0 Å². The maximum Gasteiger partial charge on any atom is 0.322 e. The highest BCUT2D eigenvalue weighted by Crippen LogP contribution is 2.29. The molecule has 0 spiro atoms. The molecule has 1 saturated heterocycles. The van der Waals surface area contributed by atoms with Gasteiger partial charge in [0.25, 0.3) is 0 Å². The minimum absolute atomic E-state index is 0.0484. The van der Waals surface area contributed by atoms with E-state index in [4.69, 9.17) is 5.11 Å². The Balaban J connectivity index is 2.49. The van der Waals surface area contributed by atoms with Crippen molar-refractivity contribution in [3.05, 3.63) is 28.2 Å². The third-order valence-corrected chi connectivity index (χ3v) is 5.77. The monoisotopic (exact) mass is 363 g/mol. The number of hydrogen-bond donors (Lipinski definition) is 2. The number of halogens is 1. The van der Waals surface area contributed by atoms with E-state index in [0.717, 1.165) is 4.31 Å². The van der Waals surface area contributed by atoms with E-state index >= 15 is 0 Å². The van der Waals surface area contributed by atoms with Gasteiger partial charge in [-0.25, -0.2) is 8.42 Å². The standard InChI is InChI=1S/C12H14BrNO5S/c1-7-2-3-8(13)4-11(7)20(18,19)14-6-9(15)5-10(14)12(16)17/h2-4,9-10,15H,5-6H2,1H3,(H,16,17)/t9-,10-/m1/s1. The molecule has 0 aromatic heterocycles. The van der Waals surface area contributed by atoms with Crippen molar-refractivity contribution in [1.82, 2.24) is 4.31 Å². The number of aliphatic hydroxyl groups excluding tert-OH is 1. The van der Waals surface area contributed by atoms with Gasteiger partial charge < -0.3 is 10.2 Å². The van der Waals surface area contributed by atoms with Crippen molar-refractivity contribution in [2.75, 3.05) is 6.54 Å². The van der Waals surface area contributed by atoms with E-state index in [2.05, 4.69) is 15.9 Å². The molecule has 0 radical (unpaired) electrons. The zero-order valence-corrected chi connectivity index (χ0v) is 13.1. The van der Waals surface area contributed by atoms with Gasteiger partial charge in [0.1, 0.15) is 6.04 Å². The first-order valence-electron chi connectivity index (χ1n) is 5.92. The number of benzene rings is 1. The largest absolute Gasteiger partial charge is 0.480 e. The molecule has 1 heterocycles. The van der Waals surface area contributed by atoms with Crippen molar-refractivity contribution in [3.63, 3.8) is 0 Å². The van der Waals surface area contributed by atoms with Gasteiger partial charge in [0.2, 0.25) is 10.0 Å². The molecule has 1 aromatic rings. The van der Waals surface area contributed by atoms with Gasteiger partial charge in [0.05, 0.1) is 11.0 Å². The number of aryl methyl sites for hydroxylation is 1. The quantitative estimate of drug-likeness (QED) is 0.833. The fourth-order valence-electron chi connectivity index (χ4n) is 2.25. The van der Waals surface area contributed by atoms with Crippen molar-refractivity contribution in [1.29, 1.82) is 0 Å². The van der Waals surface area contributed by atoms with E-state index in [1.54, 1.807) is 19.1 Å². The Hall–Kier alpha value is -0.960. The van der Waals surface area contributed by atoms with Gasteiger partial charge in [-0.05, 0) is 24.6 Å². The Morgan fingerprint density at radius 2 is 2.10 bits per heavy atom. The zero-order valence-electron chi connectivity index (χ0n) is 10.7. The summed E-state index contributed by atoms with van der Waals surface area (Å²) in [6.07, 6.45) is -1.06. The summed E-state index contributed by atoms with van der Waals surface area (Å²) in [4.78, 5) is 11.2. The number of aliphatic carboxylic acids is 1. The molecule has 2 atom stereocenters. The van der Waals surface area contributed by atoms with Crippen LogP contribution in [0.15, 0.2) is 27.6 Å². The van der Waals surface area contributed by atoms with Crippen LogP contribution in [0.25, 0.3) is 0 Å². The first-order chi connectivity index (χ1) is 9.23. The number of carboxylic acid groups (broad SMARTS) is 1. The highest BCUT2D eigenvalue weighted by molar-refractivity contribution is 9.10. The predicted octanol–water partition coefficient (Wildman–Crippen LogP) is 0.966. The maximum atomic E-state index is 12.6. The lowest BCUT2D eigenvalue weighted by Crippen LogP contribution is -2.40. The summed E-state index contributed by atoms with van der Waals surface area (Å²) in [5.41, 5.74) is 0.527. The minimum atomic E-state index is -3.96. The van der Waals surface area contributed by atoms with Gasteiger partial charge in [-0.3, -0.25) is 4.79 Å². The Labute approximate surface area is 125 Å². The molecule has 6 nitrogen and oxygen atoms in total. The van der Waals surface area contributed by atoms with Crippen LogP contribution >= 0.6 is 15.9 Å². The van der Waals surface area contributed by atoms with Crippen molar-refractivity contribution in [3.8, 4) is 0 Å². The van der Waals surface area contributed by atoms with Crippen molar-refractivity contribution < 1.29 is 23.4 Å². The number of sulfonamides is 1. The number of β-amino-alcohol motifs (C(OH)–C–C–N with tert-alkyl or cyclic N) is 1. The molecule has 20 heavy (non-hydrogen) atoms. The zero-order chi connectivity index (χ0) is 15.1. The smallest absolute Gasteiger partial charge is 0.322 e. The summed E-state index contributed by atoms with van der Waals surface area (Å²) in [7, 11) is -3.96. The molecule has 0 amide bonds. The van der Waals surface area contributed by atoms with E-state index in [-0.39, 0.29) is 17.9 Å². The normalized spacial score (nSPS) is 23.9. The molecule has 8 heteroatoms. The SMILES string of the molecule is Cc1ccc(Br)cc1S(=O)(=O)N1C[C@H](O)C[C@@H]1C(=O)O. The first-order valence-corrected chi connectivity index (χ1v) is 8.15. The van der Waals surface area contributed by atoms with Crippen LogP contribution < -0.4 is 0 Å². The third kappa shape index (κ3) is 2.73. The highest BCUT2D eigenvalue weighted by atomic mass is 79.9. The Bertz CT molecular complexity index is 645. The average molecular weight is 364 g/mol. The van der Waals surface area contributed by atoms with Crippen LogP contribution in [0.1, 0.15) is 12.0 Å². The van der Waals surface area contributed by atoms with E-state index < -0.39 is 28.1 Å². The fourth-order valence-corrected chi connectivity index (χ4v) is 4.65. The van der Waals surface area contributed by atoms with Crippen LogP contribution in [0.4, 0.5) is 0 Å². The summed E-state index contributed by atoms with van der Waals surface area (Å²) in [5.74, 6) is -1.25. The number of nitrogens with zero attached hydrogens (tertiary/aromatic N) is 1. The van der Waals surface area contributed by atoms with Gasteiger partial charge in [0, 0.05) is 17.4 Å². The molecule has 0 aliphatic carbocycles. The second-order valence-electron chi connectivity index (χ2n) is 4.73. The molecular weight excluding hydrogens is 350 g/mol. The number of carboxylic acids is 1. The molecule has 1 fully saturated rings. The van der Waals surface area contributed by atoms with Crippen molar-refractivity contribution in [2.45, 2.75) is 30.4 Å². The van der Waals surface area contributed by atoms with Crippen LogP contribution in [0.3, 0.4) is 0 Å². The van der Waals surface area contributed by atoms with E-state index in [9.17, 15) is 18.3 Å². The molecule has 0 bridgehead atoms. The fraction of sp³-hybridized carbons (Fsp3) is 0.417. The second-order valence-corrected chi connectivity index (χ2v) is 7.50. The molecule has 0 saturated carbocycles. The lowest BCUT2D eigenvalue weighted by molar-refractivity contribution is -0.140. The van der Waals surface area contributed by atoms with Crippen LogP contribution in [0, 0.1) is 6.92 Å². The summed E-state index contributed by atoms with van der Waals surface area (Å²) >= 11 is 3.20. The molecule has 110 valence electrons. The van der Waals surface area contributed by atoms with Crippen LogP contribution in [-0.2, 0) is 14.8 Å². The Morgan fingerprint density at radius 1 is 1.45 bits per heavy atom. The summed E-state index contributed by atoms with van der Waals surface area (Å²) in [5, 5.41) is 18.7. The molecule has 1 aliphatic heterocycles. The lowest BCUT2D eigenvalue weighted by atomic mass is 10.2. The number of hydrogen-bond acceptors (Lipinski definition) is 4. The topological polar surface area (TPSA) is 94.9 Å². The molecule has 0 unspecified atom stereocenters. The van der Waals surface area contributed by atoms with Gasteiger partial charge in [0.15, 0.2) is 0 Å². The van der Waals surface area contributed by atoms with Gasteiger partial charge in [-0.1, -0.05) is 22.0 Å². The second kappa shape index (κ2) is 5.44. The number of carbonyl (C=O) groups is 1. The molecule has 2 N–H and O–H groups in total. The van der Waals surface area contributed by atoms with E-state index in [1.165, 1.54) is 6.07 Å². The summed E-state index contributed by atoms with van der Waals surface area (Å²) in [6, 6.07) is 3.56. The highest BCUT2D eigenvalue weighted by Gasteiger charge is 2.43. The van der Waals surface area contributed by atoms with Crippen LogP contribution in [0.5, 0.6) is 0 Å². The van der Waals surface area contributed by atoms with Crippen LogP contribution in [0.2, 0.25) is 0 Å². The van der Waals surface area contributed by atoms with E-state index in [0.29, 0.717) is 10.0 Å². The average Bonchev–Trinajstić information content (AvgIpc) is 2.75. The molecule has 1 aromatic carbocycles. The molecular formula is C12H14BrNO5S. The van der Waals surface area contributed by atoms with Gasteiger partial charge in [-0.2, -0.15) is 4.31 Å². The molecule has 2 rings (SSSR count). The number of rotatable bonds is 3. The third-order valence-electron chi connectivity index (χ3n) is 3.26. The Kier molecular flexibility index (Phi) is 4.19. The van der Waals surface area contributed by atoms with Gasteiger partial charge in [-0.15, -0.1) is 0 Å². The lowest BCUT2D eigenvalue weighted by Gasteiger charge is -2.21. The maximum absolute atomic E-state index is 12.6. The van der Waals surface area contributed by atoms with E-state index in [1.807, 2.05) is 0 Å². The van der Waals surface area contributed by atoms with Crippen LogP contribution in [-0.4, -0.2) is 47.6 Å².